The second-order valence-electron chi connectivity index (χ2n) is 5.48. The van der Waals surface area contributed by atoms with Crippen molar-refractivity contribution >= 4 is 5.91 Å². The molecule has 2 aromatic heterocycles. The van der Waals surface area contributed by atoms with E-state index in [-0.39, 0.29) is 23.6 Å². The van der Waals surface area contributed by atoms with E-state index in [9.17, 15) is 4.79 Å². The van der Waals surface area contributed by atoms with Gasteiger partial charge in [-0.25, -0.2) is 4.98 Å². The van der Waals surface area contributed by atoms with Gasteiger partial charge in [0.2, 0.25) is 5.76 Å². The van der Waals surface area contributed by atoms with Gasteiger partial charge in [0, 0.05) is 37.5 Å². The number of amides is 1. The van der Waals surface area contributed by atoms with E-state index in [1.807, 2.05) is 20.0 Å². The highest BCUT2D eigenvalue weighted by Gasteiger charge is 2.22. The van der Waals surface area contributed by atoms with Crippen molar-refractivity contribution in [1.29, 1.82) is 0 Å². The SMILES string of the molecule is CC(C)c1cc(C(=O)NC2CCc3nccn3C2)on1. The molecule has 1 N–H and O–H groups in total. The lowest BCUT2D eigenvalue weighted by molar-refractivity contribution is 0.0890. The molecule has 2 aromatic rings. The molecule has 6 heteroatoms. The topological polar surface area (TPSA) is 73.0 Å². The number of fused-ring (bicyclic) bond motifs is 1. The highest BCUT2D eigenvalue weighted by atomic mass is 16.5. The predicted molar refractivity (Wildman–Crippen MR) is 72.4 cm³/mol. The first-order chi connectivity index (χ1) is 9.63. The van der Waals surface area contributed by atoms with Crippen molar-refractivity contribution in [2.75, 3.05) is 0 Å². The molecule has 0 bridgehead atoms. The Kier molecular flexibility index (Phi) is 3.30. The number of carbonyl (C=O) groups excluding carboxylic acids is 1. The number of carbonyl (C=O) groups is 1. The van der Waals surface area contributed by atoms with Crippen LogP contribution in [0.5, 0.6) is 0 Å². The molecule has 1 aliphatic rings. The van der Waals surface area contributed by atoms with Gasteiger partial charge in [-0.3, -0.25) is 4.79 Å². The zero-order valence-electron chi connectivity index (χ0n) is 11.7. The maximum absolute atomic E-state index is 12.1. The number of nitrogens with zero attached hydrogens (tertiary/aromatic N) is 3. The molecule has 1 amide bonds. The molecule has 6 nitrogen and oxygen atoms in total. The van der Waals surface area contributed by atoms with Crippen LogP contribution in [0.15, 0.2) is 23.0 Å². The molecular weight excluding hydrogens is 256 g/mol. The zero-order valence-corrected chi connectivity index (χ0v) is 11.7. The van der Waals surface area contributed by atoms with Crippen LogP contribution in [0.25, 0.3) is 0 Å². The summed E-state index contributed by atoms with van der Waals surface area (Å²) in [6, 6.07) is 1.82. The molecule has 1 unspecified atom stereocenters. The van der Waals surface area contributed by atoms with Crippen molar-refractivity contribution in [3.05, 3.63) is 35.7 Å². The van der Waals surface area contributed by atoms with Crippen molar-refractivity contribution in [1.82, 2.24) is 20.0 Å². The summed E-state index contributed by atoms with van der Waals surface area (Å²) in [6.45, 7) is 4.79. The Morgan fingerprint density at radius 1 is 1.55 bits per heavy atom. The summed E-state index contributed by atoms with van der Waals surface area (Å²) in [7, 11) is 0. The number of imidazole rings is 1. The molecule has 3 rings (SSSR count). The minimum Gasteiger partial charge on any atom is -0.351 e. The van der Waals surface area contributed by atoms with Crippen molar-refractivity contribution in [2.45, 2.75) is 45.2 Å². The Bertz CT molecular complexity index is 614. The fraction of sp³-hybridized carbons (Fsp3) is 0.500. The van der Waals surface area contributed by atoms with E-state index in [1.165, 1.54) is 0 Å². The molecule has 0 fully saturated rings. The van der Waals surface area contributed by atoms with E-state index in [0.29, 0.717) is 0 Å². The van der Waals surface area contributed by atoms with Gasteiger partial charge in [-0.2, -0.15) is 0 Å². The summed E-state index contributed by atoms with van der Waals surface area (Å²) >= 11 is 0. The Balaban J connectivity index is 1.64. The van der Waals surface area contributed by atoms with E-state index < -0.39 is 0 Å². The van der Waals surface area contributed by atoms with Crippen LogP contribution in [-0.2, 0) is 13.0 Å². The van der Waals surface area contributed by atoms with Crippen LogP contribution >= 0.6 is 0 Å². The molecular formula is C14H18N4O2. The molecule has 1 aliphatic heterocycles. The number of nitrogens with one attached hydrogen (secondary N) is 1. The van der Waals surface area contributed by atoms with E-state index >= 15 is 0 Å². The first-order valence-corrected chi connectivity index (χ1v) is 6.91. The highest BCUT2D eigenvalue weighted by Crippen LogP contribution is 2.16. The van der Waals surface area contributed by atoms with Gasteiger partial charge in [0.15, 0.2) is 0 Å². The Labute approximate surface area is 117 Å². The van der Waals surface area contributed by atoms with Crippen LogP contribution in [0.1, 0.15) is 48.3 Å². The van der Waals surface area contributed by atoms with Gasteiger partial charge in [0.25, 0.3) is 5.91 Å². The zero-order chi connectivity index (χ0) is 14.1. The highest BCUT2D eigenvalue weighted by molar-refractivity contribution is 5.91. The second-order valence-corrected chi connectivity index (χ2v) is 5.48. The summed E-state index contributed by atoms with van der Waals surface area (Å²) in [5, 5.41) is 6.90. The lowest BCUT2D eigenvalue weighted by atomic mass is 10.1. The third-order valence-electron chi connectivity index (χ3n) is 3.61. The Morgan fingerprint density at radius 3 is 3.15 bits per heavy atom. The Morgan fingerprint density at radius 2 is 2.40 bits per heavy atom. The quantitative estimate of drug-likeness (QED) is 0.925. The summed E-state index contributed by atoms with van der Waals surface area (Å²) in [6.07, 6.45) is 5.52. The summed E-state index contributed by atoms with van der Waals surface area (Å²) < 4.78 is 7.18. The summed E-state index contributed by atoms with van der Waals surface area (Å²) in [4.78, 5) is 16.4. The van der Waals surface area contributed by atoms with Gasteiger partial charge in [-0.05, 0) is 12.3 Å². The maximum atomic E-state index is 12.1. The number of hydrogen-bond acceptors (Lipinski definition) is 4. The maximum Gasteiger partial charge on any atom is 0.290 e. The van der Waals surface area contributed by atoms with Crippen LogP contribution in [0.2, 0.25) is 0 Å². The average molecular weight is 274 g/mol. The molecule has 3 heterocycles. The summed E-state index contributed by atoms with van der Waals surface area (Å²) in [5.74, 6) is 1.42. The normalized spacial score (nSPS) is 18.1. The molecule has 0 aromatic carbocycles. The van der Waals surface area contributed by atoms with Crippen molar-refractivity contribution in [2.24, 2.45) is 0 Å². The minimum atomic E-state index is -0.196. The van der Waals surface area contributed by atoms with Gasteiger partial charge in [0.1, 0.15) is 5.82 Å². The number of rotatable bonds is 3. The lowest BCUT2D eigenvalue weighted by Gasteiger charge is -2.24. The fourth-order valence-electron chi connectivity index (χ4n) is 2.41. The smallest absolute Gasteiger partial charge is 0.290 e. The molecule has 0 spiro atoms. The first-order valence-electron chi connectivity index (χ1n) is 6.91. The van der Waals surface area contributed by atoms with Crippen molar-refractivity contribution in [3.8, 4) is 0 Å². The van der Waals surface area contributed by atoms with Gasteiger partial charge >= 0.3 is 0 Å². The van der Waals surface area contributed by atoms with Gasteiger partial charge < -0.3 is 14.4 Å². The van der Waals surface area contributed by atoms with Crippen LogP contribution in [0.4, 0.5) is 0 Å². The lowest BCUT2D eigenvalue weighted by Crippen LogP contribution is -2.40. The number of hydrogen-bond donors (Lipinski definition) is 1. The Hall–Kier alpha value is -2.11. The summed E-state index contributed by atoms with van der Waals surface area (Å²) in [5.41, 5.74) is 0.802. The van der Waals surface area contributed by atoms with E-state index in [1.54, 1.807) is 12.3 Å². The monoisotopic (exact) mass is 274 g/mol. The first kappa shape index (κ1) is 12.9. The van der Waals surface area contributed by atoms with Crippen LogP contribution in [0, 0.1) is 0 Å². The third-order valence-corrected chi connectivity index (χ3v) is 3.61. The molecule has 0 aliphatic carbocycles. The predicted octanol–water partition coefficient (Wildman–Crippen LogP) is 1.74. The van der Waals surface area contributed by atoms with E-state index in [2.05, 4.69) is 20.0 Å². The van der Waals surface area contributed by atoms with Crippen molar-refractivity contribution < 1.29 is 9.32 Å². The largest absolute Gasteiger partial charge is 0.351 e. The van der Waals surface area contributed by atoms with E-state index in [0.717, 1.165) is 30.9 Å². The third kappa shape index (κ3) is 2.45. The number of aromatic nitrogens is 3. The molecule has 1 atom stereocenters. The van der Waals surface area contributed by atoms with Gasteiger partial charge in [0.05, 0.1) is 5.69 Å². The molecule has 0 saturated heterocycles. The molecule has 0 saturated carbocycles. The molecule has 20 heavy (non-hydrogen) atoms. The molecule has 106 valence electrons. The van der Waals surface area contributed by atoms with Gasteiger partial charge in [-0.1, -0.05) is 19.0 Å². The average Bonchev–Trinajstić information content (AvgIpc) is 3.07. The second kappa shape index (κ2) is 5.11. The van der Waals surface area contributed by atoms with Crippen LogP contribution < -0.4 is 5.32 Å². The standard InChI is InChI=1S/C14H18N4O2/c1-9(2)11-7-12(20-17-11)14(19)16-10-3-4-13-15-5-6-18(13)8-10/h5-7,9-10H,3-4,8H2,1-2H3,(H,16,19). The van der Waals surface area contributed by atoms with Crippen LogP contribution in [-0.4, -0.2) is 26.7 Å². The fourth-order valence-corrected chi connectivity index (χ4v) is 2.41. The molecule has 0 radical (unpaired) electrons. The number of aryl methyl sites for hydroxylation is 1. The van der Waals surface area contributed by atoms with E-state index in [4.69, 9.17) is 4.52 Å². The van der Waals surface area contributed by atoms with Gasteiger partial charge in [-0.15, -0.1) is 0 Å². The van der Waals surface area contributed by atoms with Crippen molar-refractivity contribution in [3.63, 3.8) is 0 Å². The minimum absolute atomic E-state index is 0.108. The van der Waals surface area contributed by atoms with Crippen LogP contribution in [0.3, 0.4) is 0 Å².